The van der Waals surface area contributed by atoms with Crippen LogP contribution in [0.5, 0.6) is 0 Å². The molecular weight excluding hydrogens is 989 g/mol. The molecule has 0 atom stereocenters. The molecule has 0 radical (unpaired) electrons. The van der Waals surface area contributed by atoms with Crippen molar-refractivity contribution in [1.29, 1.82) is 0 Å². The fraction of sp³-hybridized carbons (Fsp3) is 0. The maximum absolute atomic E-state index is 5.79. The summed E-state index contributed by atoms with van der Waals surface area (Å²) < 4.78 is 6.90. The summed E-state index contributed by atoms with van der Waals surface area (Å²) in [6, 6.07) is 97.6. The van der Waals surface area contributed by atoms with Crippen molar-refractivity contribution >= 4 is 65.4 Å². The molecule has 8 heteroatoms. The van der Waals surface area contributed by atoms with E-state index >= 15 is 0 Å². The van der Waals surface area contributed by atoms with Crippen molar-refractivity contribution in [3.05, 3.63) is 279 Å². The van der Waals surface area contributed by atoms with Crippen LogP contribution >= 0.6 is 0 Å². The average molecular weight is 1040 g/mol. The topological polar surface area (TPSA) is 79.2 Å². The molecule has 16 aromatic rings. The Labute approximate surface area is 465 Å². The van der Waals surface area contributed by atoms with E-state index in [1.807, 2.05) is 18.2 Å². The quantitative estimate of drug-likeness (QED) is 0.144. The first-order valence-electron chi connectivity index (χ1n) is 27.3. The third kappa shape index (κ3) is 7.57. The number of pyridine rings is 3. The highest BCUT2D eigenvalue weighted by molar-refractivity contribution is 6.16. The summed E-state index contributed by atoms with van der Waals surface area (Å²) in [5, 5.41) is 6.61. The Morgan fingerprint density at radius 1 is 0.210 bits per heavy atom. The number of para-hydroxylation sites is 6. The van der Waals surface area contributed by atoms with Crippen LogP contribution in [-0.4, -0.2) is 38.6 Å². The van der Waals surface area contributed by atoms with Crippen LogP contribution in [0.4, 0.5) is 0 Å². The molecule has 7 aromatic heterocycles. The van der Waals surface area contributed by atoms with Crippen molar-refractivity contribution in [2.24, 2.45) is 0 Å². The van der Waals surface area contributed by atoms with Crippen LogP contribution in [0.15, 0.2) is 279 Å². The van der Waals surface area contributed by atoms with Crippen molar-refractivity contribution < 1.29 is 0 Å². The number of aromatic nitrogens is 8. The van der Waals surface area contributed by atoms with Crippen LogP contribution in [0.2, 0.25) is 0 Å². The van der Waals surface area contributed by atoms with E-state index in [0.29, 0.717) is 5.82 Å². The molecule has 0 unspecified atom stereocenters. The minimum absolute atomic E-state index is 0.573. The van der Waals surface area contributed by atoms with Crippen LogP contribution in [0.1, 0.15) is 0 Å². The van der Waals surface area contributed by atoms with Crippen molar-refractivity contribution in [1.82, 2.24) is 38.6 Å². The van der Waals surface area contributed by atoms with Gasteiger partial charge in [0.15, 0.2) is 5.82 Å². The lowest BCUT2D eigenvalue weighted by molar-refractivity contribution is 1.08. The van der Waals surface area contributed by atoms with E-state index in [4.69, 9.17) is 24.9 Å². The molecule has 0 saturated carbocycles. The highest BCUT2D eigenvalue weighted by Gasteiger charge is 2.25. The van der Waals surface area contributed by atoms with Crippen molar-refractivity contribution in [2.75, 3.05) is 0 Å². The third-order valence-corrected chi connectivity index (χ3v) is 15.7. The molecule has 8 nitrogen and oxygen atoms in total. The maximum Gasteiger partial charge on any atom is 0.162 e. The van der Waals surface area contributed by atoms with Crippen LogP contribution < -0.4 is 0 Å². The molecule has 0 N–H and O–H groups in total. The second-order valence-electron chi connectivity index (χ2n) is 20.4. The summed E-state index contributed by atoms with van der Waals surface area (Å²) >= 11 is 0. The molecule has 0 fully saturated rings. The van der Waals surface area contributed by atoms with Gasteiger partial charge in [-0.1, -0.05) is 212 Å². The van der Waals surface area contributed by atoms with Gasteiger partial charge >= 0.3 is 0 Å². The van der Waals surface area contributed by atoms with Gasteiger partial charge in [-0.15, -0.1) is 0 Å². The molecule has 0 aliphatic carbocycles. The zero-order valence-corrected chi connectivity index (χ0v) is 43.6. The predicted molar refractivity (Wildman–Crippen MR) is 331 cm³/mol. The van der Waals surface area contributed by atoms with Crippen LogP contribution in [0, 0.1) is 0 Å². The molecule has 9 aromatic carbocycles. The van der Waals surface area contributed by atoms with Gasteiger partial charge in [0.2, 0.25) is 0 Å². The van der Waals surface area contributed by atoms with Crippen molar-refractivity contribution in [2.45, 2.75) is 0 Å². The molecule has 0 spiro atoms. The minimum atomic E-state index is 0.573. The second kappa shape index (κ2) is 18.8. The van der Waals surface area contributed by atoms with Gasteiger partial charge in [0, 0.05) is 65.7 Å². The fourth-order valence-corrected chi connectivity index (χ4v) is 12.2. The normalized spacial score (nSPS) is 11.7. The molecular formula is C73H46N8. The van der Waals surface area contributed by atoms with E-state index in [9.17, 15) is 0 Å². The van der Waals surface area contributed by atoms with Gasteiger partial charge in [-0.3, -0.25) is 13.7 Å². The van der Waals surface area contributed by atoms with Gasteiger partial charge in [0.25, 0.3) is 0 Å². The lowest BCUT2D eigenvalue weighted by atomic mass is 10.0. The Morgan fingerprint density at radius 2 is 0.506 bits per heavy atom. The molecule has 0 saturated heterocycles. The van der Waals surface area contributed by atoms with Gasteiger partial charge in [-0.25, -0.2) is 24.9 Å². The number of hydrogen-bond acceptors (Lipinski definition) is 5. The molecule has 16 rings (SSSR count). The van der Waals surface area contributed by atoms with E-state index in [0.717, 1.165) is 145 Å². The van der Waals surface area contributed by atoms with Gasteiger partial charge in [0.1, 0.15) is 17.5 Å². The number of benzene rings is 9. The fourth-order valence-electron chi connectivity index (χ4n) is 12.2. The van der Waals surface area contributed by atoms with Crippen LogP contribution in [0.25, 0.3) is 151 Å². The maximum atomic E-state index is 5.79. The first kappa shape index (κ1) is 46.0. The first-order chi connectivity index (χ1) is 40.2. The zero-order valence-electron chi connectivity index (χ0n) is 43.6. The monoisotopic (exact) mass is 1030 g/mol. The Morgan fingerprint density at radius 3 is 0.877 bits per heavy atom. The summed E-state index contributed by atoms with van der Waals surface area (Å²) in [5.41, 5.74) is 16.2. The standard InChI is InChI=1S/C73H46N8/c1-4-22-47(23-5-1)59-37-19-43-67(74-59)79-64-40-13-10-28-50(64)53-31-16-34-56(70(53)79)62-46-63(57-35-17-32-54-51-29-11-14-41-65(51)80(71(54)57)68-44-20-38-60(75-68)48-24-6-2-7-25-48)78-73(77-62)58-36-18-33-55-52-30-12-15-42-66(52)81(72(55)58)69-45-21-39-61(76-69)49-26-8-3-9-27-49/h1-46H. The Bertz CT molecular complexity index is 4590. The average Bonchev–Trinajstić information content (AvgIpc) is 4.32. The van der Waals surface area contributed by atoms with E-state index < -0.39 is 0 Å². The molecule has 378 valence electrons. The molecule has 0 bridgehead atoms. The van der Waals surface area contributed by atoms with E-state index in [2.05, 4.69) is 275 Å². The smallest absolute Gasteiger partial charge is 0.162 e. The zero-order chi connectivity index (χ0) is 53.4. The Balaban J connectivity index is 1.01. The van der Waals surface area contributed by atoms with E-state index in [1.165, 1.54) is 0 Å². The van der Waals surface area contributed by atoms with E-state index in [1.54, 1.807) is 0 Å². The molecule has 0 aliphatic heterocycles. The number of rotatable bonds is 9. The lowest BCUT2D eigenvalue weighted by Crippen LogP contribution is -2.03. The summed E-state index contributed by atoms with van der Waals surface area (Å²) in [6.07, 6.45) is 0. The molecule has 0 aliphatic rings. The minimum Gasteiger partial charge on any atom is -0.293 e. The van der Waals surface area contributed by atoms with Gasteiger partial charge < -0.3 is 0 Å². The Hall–Kier alpha value is -11.1. The highest BCUT2D eigenvalue weighted by Crippen LogP contribution is 2.44. The van der Waals surface area contributed by atoms with Crippen molar-refractivity contribution in [3.63, 3.8) is 0 Å². The second-order valence-corrected chi connectivity index (χ2v) is 20.4. The lowest BCUT2D eigenvalue weighted by Gasteiger charge is -2.16. The van der Waals surface area contributed by atoms with Gasteiger partial charge in [-0.2, -0.15) is 0 Å². The highest BCUT2D eigenvalue weighted by atomic mass is 15.1. The van der Waals surface area contributed by atoms with Gasteiger partial charge in [-0.05, 0) is 66.7 Å². The summed E-state index contributed by atoms with van der Waals surface area (Å²) in [5.74, 6) is 2.99. The summed E-state index contributed by atoms with van der Waals surface area (Å²) in [4.78, 5) is 27.8. The summed E-state index contributed by atoms with van der Waals surface area (Å²) in [7, 11) is 0. The number of hydrogen-bond donors (Lipinski definition) is 0. The van der Waals surface area contributed by atoms with Gasteiger partial charge in [0.05, 0.1) is 61.6 Å². The molecule has 7 heterocycles. The first-order valence-corrected chi connectivity index (χ1v) is 27.3. The predicted octanol–water partition coefficient (Wildman–Crippen LogP) is 18.0. The number of fused-ring (bicyclic) bond motifs is 9. The van der Waals surface area contributed by atoms with E-state index in [-0.39, 0.29) is 0 Å². The largest absolute Gasteiger partial charge is 0.293 e. The molecule has 0 amide bonds. The van der Waals surface area contributed by atoms with Crippen LogP contribution in [0.3, 0.4) is 0 Å². The van der Waals surface area contributed by atoms with Crippen molar-refractivity contribution in [3.8, 4) is 85.1 Å². The third-order valence-electron chi connectivity index (χ3n) is 15.7. The number of nitrogens with zero attached hydrogens (tertiary/aromatic N) is 8. The SMILES string of the molecule is c1ccc(-c2cccc(-n3c4ccccc4c4cccc(-c5cc(-c6cccc7c8ccccc8n(-c8cccc(-c9ccccc9)n8)c67)nc(-c6cccc7c8ccccc8n(-c8cccc(-c9ccccc9)n8)c67)n5)c43)n2)cc1. The van der Waals surface area contributed by atoms with Crippen LogP contribution in [-0.2, 0) is 0 Å². The summed E-state index contributed by atoms with van der Waals surface area (Å²) in [6.45, 7) is 0. The Kier molecular flexibility index (Phi) is 10.7. The molecule has 81 heavy (non-hydrogen) atoms.